The van der Waals surface area contributed by atoms with E-state index in [1.807, 2.05) is 0 Å². The minimum atomic E-state index is -0.319. The van der Waals surface area contributed by atoms with Crippen molar-refractivity contribution < 1.29 is 9.13 Å². The van der Waals surface area contributed by atoms with Crippen molar-refractivity contribution in [2.75, 3.05) is 18.5 Å². The topological polar surface area (TPSA) is 67.0 Å². The zero-order valence-electron chi connectivity index (χ0n) is 11.4. The maximum Gasteiger partial charge on any atom is 0.252 e. The molecule has 6 heteroatoms. The minimum absolute atomic E-state index is 0.157. The fourth-order valence-electron chi connectivity index (χ4n) is 2.33. The van der Waals surface area contributed by atoms with E-state index >= 15 is 0 Å². The van der Waals surface area contributed by atoms with Gasteiger partial charge in [0.05, 0.1) is 11.8 Å². The fourth-order valence-corrected chi connectivity index (χ4v) is 2.33. The lowest BCUT2D eigenvalue weighted by Gasteiger charge is -2.11. The first-order chi connectivity index (χ1) is 10.2. The number of anilines is 1. The van der Waals surface area contributed by atoms with Crippen LogP contribution in [0, 0.1) is 5.82 Å². The average Bonchev–Trinajstić information content (AvgIpc) is 2.99. The summed E-state index contributed by atoms with van der Waals surface area (Å²) in [4.78, 5) is 18.7. The molecule has 1 saturated heterocycles. The molecule has 2 heterocycles. The molecule has 1 fully saturated rings. The summed E-state index contributed by atoms with van der Waals surface area (Å²) in [6.45, 7) is 1.39. The van der Waals surface area contributed by atoms with Gasteiger partial charge in [0.2, 0.25) is 5.95 Å². The second-order valence-corrected chi connectivity index (χ2v) is 5.00. The Bertz CT molecular complexity index is 663. The minimum Gasteiger partial charge on any atom is -0.376 e. The molecule has 0 saturated carbocycles. The third-order valence-electron chi connectivity index (χ3n) is 3.40. The van der Waals surface area contributed by atoms with Crippen LogP contribution in [0.5, 0.6) is 0 Å². The Balaban J connectivity index is 1.78. The Kier molecular flexibility index (Phi) is 3.96. The number of halogens is 1. The van der Waals surface area contributed by atoms with Gasteiger partial charge in [-0.25, -0.2) is 9.37 Å². The van der Waals surface area contributed by atoms with E-state index < -0.39 is 0 Å². The Hall–Kier alpha value is -2.21. The SMILES string of the molecule is O=c1cc(-c2ccc(F)cc2)nc(NCC2CCCO2)[nH]1. The number of aromatic amines is 1. The molecule has 1 atom stereocenters. The summed E-state index contributed by atoms with van der Waals surface area (Å²) in [6, 6.07) is 7.28. The fraction of sp³-hybridized carbons (Fsp3) is 0.333. The van der Waals surface area contributed by atoms with Gasteiger partial charge in [0.15, 0.2) is 0 Å². The Labute approximate surface area is 121 Å². The lowest BCUT2D eigenvalue weighted by Crippen LogP contribution is -2.21. The predicted molar refractivity (Wildman–Crippen MR) is 77.7 cm³/mol. The third-order valence-corrected chi connectivity index (χ3v) is 3.40. The molecule has 21 heavy (non-hydrogen) atoms. The van der Waals surface area contributed by atoms with E-state index in [1.165, 1.54) is 18.2 Å². The van der Waals surface area contributed by atoms with Crippen LogP contribution in [0.2, 0.25) is 0 Å². The summed E-state index contributed by atoms with van der Waals surface area (Å²) in [5.41, 5.74) is 0.954. The summed E-state index contributed by atoms with van der Waals surface area (Å²) in [5.74, 6) is 0.0812. The van der Waals surface area contributed by atoms with Gasteiger partial charge in [-0.05, 0) is 37.1 Å². The highest BCUT2D eigenvalue weighted by Gasteiger charge is 2.15. The third kappa shape index (κ3) is 3.46. The summed E-state index contributed by atoms with van der Waals surface area (Å²) in [7, 11) is 0. The van der Waals surface area contributed by atoms with Crippen molar-refractivity contribution in [3.05, 3.63) is 46.5 Å². The molecule has 0 amide bonds. The lowest BCUT2D eigenvalue weighted by molar-refractivity contribution is 0.120. The van der Waals surface area contributed by atoms with Crippen LogP contribution in [-0.4, -0.2) is 29.2 Å². The Morgan fingerprint density at radius 1 is 1.38 bits per heavy atom. The van der Waals surface area contributed by atoms with Crippen LogP contribution in [0.1, 0.15) is 12.8 Å². The van der Waals surface area contributed by atoms with E-state index in [0.29, 0.717) is 23.8 Å². The second kappa shape index (κ2) is 6.05. The number of nitrogens with zero attached hydrogens (tertiary/aromatic N) is 1. The van der Waals surface area contributed by atoms with Crippen LogP contribution < -0.4 is 10.9 Å². The number of ether oxygens (including phenoxy) is 1. The van der Waals surface area contributed by atoms with Gasteiger partial charge in [-0.1, -0.05) is 0 Å². The standard InChI is InChI=1S/C15H16FN3O2/c16-11-5-3-10(4-6-11)13-8-14(20)19-15(18-13)17-9-12-2-1-7-21-12/h3-6,8,12H,1-2,7,9H2,(H2,17,18,19,20). The molecule has 2 aromatic rings. The average molecular weight is 289 g/mol. The van der Waals surface area contributed by atoms with E-state index in [4.69, 9.17) is 4.74 Å². The van der Waals surface area contributed by atoms with Crippen LogP contribution in [0.3, 0.4) is 0 Å². The van der Waals surface area contributed by atoms with Crippen molar-refractivity contribution in [2.24, 2.45) is 0 Å². The van der Waals surface area contributed by atoms with Crippen LogP contribution in [-0.2, 0) is 4.74 Å². The van der Waals surface area contributed by atoms with E-state index in [2.05, 4.69) is 15.3 Å². The van der Waals surface area contributed by atoms with Gasteiger partial charge in [-0.3, -0.25) is 9.78 Å². The number of aromatic nitrogens is 2. The molecular weight excluding hydrogens is 273 g/mol. The van der Waals surface area contributed by atoms with Crippen molar-refractivity contribution in [1.82, 2.24) is 9.97 Å². The summed E-state index contributed by atoms with van der Waals surface area (Å²) >= 11 is 0. The van der Waals surface area contributed by atoms with Crippen molar-refractivity contribution in [3.63, 3.8) is 0 Å². The van der Waals surface area contributed by atoms with Gasteiger partial charge < -0.3 is 10.1 Å². The van der Waals surface area contributed by atoms with Crippen LogP contribution in [0.4, 0.5) is 10.3 Å². The Morgan fingerprint density at radius 3 is 2.90 bits per heavy atom. The highest BCUT2D eigenvalue weighted by Crippen LogP contribution is 2.17. The second-order valence-electron chi connectivity index (χ2n) is 5.00. The zero-order chi connectivity index (χ0) is 14.7. The number of rotatable bonds is 4. The lowest BCUT2D eigenvalue weighted by atomic mass is 10.1. The normalized spacial score (nSPS) is 17.9. The number of hydrogen-bond donors (Lipinski definition) is 2. The molecule has 110 valence electrons. The number of nitrogens with one attached hydrogen (secondary N) is 2. The number of H-pyrrole nitrogens is 1. The molecule has 1 aliphatic rings. The molecular formula is C15H16FN3O2. The van der Waals surface area contributed by atoms with Gasteiger partial charge in [-0.2, -0.15) is 0 Å². The van der Waals surface area contributed by atoms with Crippen LogP contribution in [0.25, 0.3) is 11.3 Å². The summed E-state index contributed by atoms with van der Waals surface area (Å²) in [5, 5.41) is 3.08. The molecule has 1 unspecified atom stereocenters. The summed E-state index contributed by atoms with van der Waals surface area (Å²) < 4.78 is 18.4. The molecule has 0 spiro atoms. The molecule has 0 bridgehead atoms. The van der Waals surface area contributed by atoms with Gasteiger partial charge in [0.1, 0.15) is 5.82 Å². The molecule has 0 radical (unpaired) electrons. The van der Waals surface area contributed by atoms with Gasteiger partial charge in [-0.15, -0.1) is 0 Å². The smallest absolute Gasteiger partial charge is 0.252 e. The molecule has 1 aromatic carbocycles. The first-order valence-electron chi connectivity index (χ1n) is 6.93. The molecule has 0 aliphatic carbocycles. The highest BCUT2D eigenvalue weighted by molar-refractivity contribution is 5.59. The first kappa shape index (κ1) is 13.8. The number of benzene rings is 1. The van der Waals surface area contributed by atoms with E-state index in [9.17, 15) is 9.18 Å². The van der Waals surface area contributed by atoms with Gasteiger partial charge >= 0.3 is 0 Å². The maximum atomic E-state index is 12.9. The Morgan fingerprint density at radius 2 is 2.19 bits per heavy atom. The van der Waals surface area contributed by atoms with Crippen molar-refractivity contribution in [1.29, 1.82) is 0 Å². The summed E-state index contributed by atoms with van der Waals surface area (Å²) in [6.07, 6.45) is 2.23. The molecule has 2 N–H and O–H groups in total. The molecule has 1 aliphatic heterocycles. The quantitative estimate of drug-likeness (QED) is 0.905. The van der Waals surface area contributed by atoms with E-state index in [0.717, 1.165) is 19.4 Å². The largest absolute Gasteiger partial charge is 0.376 e. The van der Waals surface area contributed by atoms with E-state index in [1.54, 1.807) is 12.1 Å². The van der Waals surface area contributed by atoms with Crippen LogP contribution in [0.15, 0.2) is 35.1 Å². The number of hydrogen-bond acceptors (Lipinski definition) is 4. The van der Waals surface area contributed by atoms with E-state index in [-0.39, 0.29) is 17.5 Å². The molecule has 5 nitrogen and oxygen atoms in total. The van der Waals surface area contributed by atoms with Gasteiger partial charge in [0.25, 0.3) is 5.56 Å². The van der Waals surface area contributed by atoms with Crippen molar-refractivity contribution in [3.8, 4) is 11.3 Å². The monoisotopic (exact) mass is 289 g/mol. The zero-order valence-corrected chi connectivity index (χ0v) is 11.4. The van der Waals surface area contributed by atoms with Crippen molar-refractivity contribution in [2.45, 2.75) is 18.9 Å². The molecule has 3 rings (SSSR count). The van der Waals surface area contributed by atoms with Crippen molar-refractivity contribution >= 4 is 5.95 Å². The maximum absolute atomic E-state index is 12.9. The predicted octanol–water partition coefficient (Wildman–Crippen LogP) is 2.17. The molecule has 1 aromatic heterocycles. The van der Waals surface area contributed by atoms with Gasteiger partial charge in [0, 0.05) is 24.8 Å². The highest BCUT2D eigenvalue weighted by atomic mass is 19.1. The first-order valence-corrected chi connectivity index (χ1v) is 6.93. The van der Waals surface area contributed by atoms with Crippen LogP contribution >= 0.6 is 0 Å².